The zero-order chi connectivity index (χ0) is 8.20. The van der Waals surface area contributed by atoms with Gasteiger partial charge >= 0.3 is 0 Å². The third-order valence-corrected chi connectivity index (χ3v) is 0.941. The van der Waals surface area contributed by atoms with Crippen molar-refractivity contribution in [2.24, 2.45) is 5.28 Å². The second-order valence-corrected chi connectivity index (χ2v) is 3.37. The van der Waals surface area contributed by atoms with E-state index in [1.807, 2.05) is 0 Å². The number of hydrogen-bond acceptors (Lipinski definition) is 3. The van der Waals surface area contributed by atoms with Gasteiger partial charge in [-0.25, -0.2) is 0 Å². The molecule has 8 heteroatoms. The lowest BCUT2D eigenvalue weighted by molar-refractivity contribution is 0.310. The molecule has 0 aromatic carbocycles. The zero-order valence-corrected chi connectivity index (χ0v) is 6.65. The van der Waals surface area contributed by atoms with Gasteiger partial charge in [-0.3, -0.25) is 5.41 Å². The number of alkyl halides is 3. The first kappa shape index (κ1) is 9.65. The molecule has 0 rings (SSSR count). The number of halogens is 3. The Kier molecular flexibility index (Phi) is 3.60. The van der Waals surface area contributed by atoms with Crippen molar-refractivity contribution in [3.63, 3.8) is 0 Å². The summed E-state index contributed by atoms with van der Waals surface area (Å²) in [5.41, 5.74) is 7.69. The fourth-order valence-electron chi connectivity index (χ4n) is 0.111. The van der Waals surface area contributed by atoms with Gasteiger partial charge in [-0.1, -0.05) is 34.8 Å². The van der Waals surface area contributed by atoms with Crippen LogP contribution in [0, 0.1) is 5.41 Å². The van der Waals surface area contributed by atoms with Crippen LogP contribution in [0.1, 0.15) is 0 Å². The summed E-state index contributed by atoms with van der Waals surface area (Å²) >= 11 is 15.4. The monoisotopic (exact) mass is 202 g/mol. The third kappa shape index (κ3) is 3.63. The predicted molar refractivity (Wildman–Crippen MR) is 38.2 cm³/mol. The van der Waals surface area contributed by atoms with Crippen LogP contribution >= 0.6 is 34.8 Å². The Morgan fingerprint density at radius 2 is 2.10 bits per heavy atom. The molecule has 1 N–H and O–H groups in total. The molecule has 0 saturated heterocycles. The van der Waals surface area contributed by atoms with Crippen LogP contribution in [0.5, 0.6) is 0 Å². The van der Waals surface area contributed by atoms with Gasteiger partial charge in [0.1, 0.15) is 5.28 Å². The van der Waals surface area contributed by atoms with E-state index >= 15 is 0 Å². The maximum Gasteiger partial charge on any atom is 0.266 e. The summed E-state index contributed by atoms with van der Waals surface area (Å²) < 4.78 is -1.98. The molecule has 0 bridgehead atoms. The molecule has 0 amide bonds. The summed E-state index contributed by atoms with van der Waals surface area (Å²) in [5, 5.41) is 9.30. The summed E-state index contributed by atoms with van der Waals surface area (Å²) in [6, 6.07) is 0. The second kappa shape index (κ2) is 3.73. The lowest BCUT2D eigenvalue weighted by Crippen LogP contribution is -2.18. The van der Waals surface area contributed by atoms with Gasteiger partial charge in [0.2, 0.25) is 5.90 Å². The molecule has 0 aliphatic carbocycles. The highest BCUT2D eigenvalue weighted by molar-refractivity contribution is 6.75. The standard InChI is InChI=1S/C2HCl3N4O/c3-2(4,5)1(6)10-9-8-7/h6H. The van der Waals surface area contributed by atoms with Crippen LogP contribution in [-0.4, -0.2) is 9.69 Å². The quantitative estimate of drug-likeness (QED) is 0.133. The Bertz CT molecular complexity index is 179. The van der Waals surface area contributed by atoms with Crippen molar-refractivity contribution in [2.75, 3.05) is 0 Å². The van der Waals surface area contributed by atoms with Crippen LogP contribution in [0.15, 0.2) is 5.28 Å². The first-order chi connectivity index (χ1) is 4.48. The van der Waals surface area contributed by atoms with Crippen molar-refractivity contribution < 1.29 is 4.84 Å². The van der Waals surface area contributed by atoms with E-state index in [2.05, 4.69) is 15.0 Å². The number of rotatable bonds is 1. The highest BCUT2D eigenvalue weighted by Gasteiger charge is 2.28. The Labute approximate surface area is 70.9 Å². The lowest BCUT2D eigenvalue weighted by Gasteiger charge is -2.07. The van der Waals surface area contributed by atoms with E-state index in [0.717, 1.165) is 0 Å². The van der Waals surface area contributed by atoms with Crippen molar-refractivity contribution in [2.45, 2.75) is 3.79 Å². The molecule has 56 valence electrons. The molecule has 0 aliphatic rings. The Hall–Kier alpha value is -0.350. The summed E-state index contributed by atoms with van der Waals surface area (Å²) in [7, 11) is 0. The number of nitrogens with one attached hydrogen (secondary N) is 1. The smallest absolute Gasteiger partial charge is 0.266 e. The van der Waals surface area contributed by atoms with Crippen LogP contribution in [0.25, 0.3) is 10.4 Å². The van der Waals surface area contributed by atoms with Crippen molar-refractivity contribution in [1.82, 2.24) is 0 Å². The van der Waals surface area contributed by atoms with Gasteiger partial charge in [-0.05, 0) is 5.53 Å². The van der Waals surface area contributed by atoms with Gasteiger partial charge in [0.05, 0.1) is 0 Å². The van der Waals surface area contributed by atoms with E-state index in [9.17, 15) is 0 Å². The van der Waals surface area contributed by atoms with Crippen LogP contribution in [0.2, 0.25) is 0 Å². The molecule has 0 fully saturated rings. The molecular weight excluding hydrogens is 202 g/mol. The molecule has 0 aliphatic heterocycles. The van der Waals surface area contributed by atoms with Crippen LogP contribution in [-0.2, 0) is 4.84 Å². The molecule has 0 saturated carbocycles. The topological polar surface area (TPSA) is 81.8 Å². The molecule has 10 heavy (non-hydrogen) atoms. The maximum absolute atomic E-state index is 7.69. The molecule has 5 nitrogen and oxygen atoms in total. The Morgan fingerprint density at radius 3 is 2.40 bits per heavy atom. The summed E-state index contributed by atoms with van der Waals surface area (Å²) in [4.78, 5) is 6.13. The lowest BCUT2D eigenvalue weighted by atomic mass is 10.8. The molecule has 0 spiro atoms. The number of hydrogen-bond donors (Lipinski definition) is 1. The van der Waals surface area contributed by atoms with E-state index in [1.54, 1.807) is 0 Å². The van der Waals surface area contributed by atoms with Gasteiger partial charge in [0.15, 0.2) is 0 Å². The Morgan fingerprint density at radius 1 is 1.60 bits per heavy atom. The molecule has 0 unspecified atom stereocenters. The number of azide groups is 1. The third-order valence-electron chi connectivity index (χ3n) is 0.426. The van der Waals surface area contributed by atoms with Gasteiger partial charge in [-0.2, -0.15) is 0 Å². The highest BCUT2D eigenvalue weighted by Crippen LogP contribution is 2.27. The van der Waals surface area contributed by atoms with Gasteiger partial charge in [-0.15, -0.1) is 0 Å². The normalized spacial score (nSPS) is 9.90. The number of nitrogens with zero attached hydrogens (tertiary/aromatic N) is 3. The summed E-state index contributed by atoms with van der Waals surface area (Å²) in [5.74, 6) is -0.740. The Balaban J connectivity index is 3.98. The van der Waals surface area contributed by atoms with Gasteiger partial charge in [0, 0.05) is 4.91 Å². The summed E-state index contributed by atoms with van der Waals surface area (Å²) in [6.07, 6.45) is 0. The minimum Gasteiger partial charge on any atom is -0.374 e. The SMILES string of the molecule is [N-]=[N+]=NOC(=N)C(Cl)(Cl)Cl. The average molecular weight is 203 g/mol. The molecular formula is C2HCl3N4O. The fraction of sp³-hybridized carbons (Fsp3) is 0.500. The van der Waals surface area contributed by atoms with Gasteiger partial charge < -0.3 is 4.84 Å². The van der Waals surface area contributed by atoms with Crippen molar-refractivity contribution in [1.29, 1.82) is 5.41 Å². The fourth-order valence-corrected chi connectivity index (χ4v) is 0.214. The largest absolute Gasteiger partial charge is 0.374 e. The second-order valence-electron chi connectivity index (χ2n) is 1.09. The predicted octanol–water partition coefficient (Wildman–Crippen LogP) is 2.58. The van der Waals surface area contributed by atoms with Crippen LogP contribution < -0.4 is 0 Å². The molecule has 0 atom stereocenters. The van der Waals surface area contributed by atoms with E-state index < -0.39 is 9.69 Å². The minimum absolute atomic E-state index is 0.740. The molecule has 0 radical (unpaired) electrons. The molecule has 0 aromatic heterocycles. The average Bonchev–Trinajstić information content (AvgIpc) is 1.80. The van der Waals surface area contributed by atoms with E-state index in [4.69, 9.17) is 45.7 Å². The summed E-state index contributed by atoms with van der Waals surface area (Å²) in [6.45, 7) is 0. The highest BCUT2D eigenvalue weighted by atomic mass is 35.6. The van der Waals surface area contributed by atoms with E-state index in [-0.39, 0.29) is 0 Å². The van der Waals surface area contributed by atoms with E-state index in [1.165, 1.54) is 0 Å². The van der Waals surface area contributed by atoms with E-state index in [0.29, 0.717) is 0 Å². The first-order valence-corrected chi connectivity index (χ1v) is 2.99. The van der Waals surface area contributed by atoms with Crippen molar-refractivity contribution in [3.05, 3.63) is 10.4 Å². The zero-order valence-electron chi connectivity index (χ0n) is 4.38. The molecule has 0 aromatic rings. The van der Waals surface area contributed by atoms with Gasteiger partial charge in [0.25, 0.3) is 3.79 Å². The van der Waals surface area contributed by atoms with Crippen LogP contribution in [0.3, 0.4) is 0 Å². The van der Waals surface area contributed by atoms with Crippen molar-refractivity contribution >= 4 is 40.7 Å². The van der Waals surface area contributed by atoms with Crippen LogP contribution in [0.4, 0.5) is 0 Å². The maximum atomic E-state index is 7.69. The van der Waals surface area contributed by atoms with Crippen molar-refractivity contribution in [3.8, 4) is 0 Å². The molecule has 0 heterocycles. The minimum atomic E-state index is -1.98. The first-order valence-electron chi connectivity index (χ1n) is 1.85.